The Kier molecular flexibility index (Phi) is 5.60. The van der Waals surface area contributed by atoms with Crippen LogP contribution in [0.5, 0.6) is 0 Å². The van der Waals surface area contributed by atoms with E-state index in [1.165, 1.54) is 18.2 Å². The van der Waals surface area contributed by atoms with E-state index >= 15 is 0 Å². The molecule has 1 saturated heterocycles. The Bertz CT molecular complexity index is 633. The van der Waals surface area contributed by atoms with Crippen molar-refractivity contribution in [2.45, 2.75) is 38.6 Å². The van der Waals surface area contributed by atoms with Crippen LogP contribution >= 0.6 is 11.6 Å². The summed E-state index contributed by atoms with van der Waals surface area (Å²) in [5.74, 6) is -1.44. The van der Waals surface area contributed by atoms with Crippen LogP contribution in [0.25, 0.3) is 0 Å². The molecule has 23 heavy (non-hydrogen) atoms. The number of hydrogen-bond donors (Lipinski definition) is 2. The van der Waals surface area contributed by atoms with Crippen molar-refractivity contribution >= 4 is 35.1 Å². The lowest BCUT2D eigenvalue weighted by Crippen LogP contribution is -2.49. The zero-order valence-electron chi connectivity index (χ0n) is 12.8. The standard InChI is InChI=1S/C16H19ClN2O4/c1-2-14(20)19-8-4-3-5-13(19)15(21)18-10-6-7-11(16(22)23)12(17)9-10/h6-7,9,13H,2-5,8H2,1H3,(H,18,21)(H,22,23). The van der Waals surface area contributed by atoms with Gasteiger partial charge in [0.15, 0.2) is 0 Å². The molecule has 1 atom stereocenters. The zero-order valence-corrected chi connectivity index (χ0v) is 13.6. The second-order valence-corrected chi connectivity index (χ2v) is 5.85. The van der Waals surface area contributed by atoms with Crippen molar-refractivity contribution in [3.63, 3.8) is 0 Å². The summed E-state index contributed by atoms with van der Waals surface area (Å²) >= 11 is 5.90. The van der Waals surface area contributed by atoms with Gasteiger partial charge in [-0.1, -0.05) is 18.5 Å². The predicted octanol–water partition coefficient (Wildman–Crippen LogP) is 2.77. The summed E-state index contributed by atoms with van der Waals surface area (Å²) in [6.45, 7) is 2.36. The highest BCUT2D eigenvalue weighted by molar-refractivity contribution is 6.33. The monoisotopic (exact) mass is 338 g/mol. The summed E-state index contributed by atoms with van der Waals surface area (Å²) in [5, 5.41) is 11.7. The number of benzene rings is 1. The predicted molar refractivity (Wildman–Crippen MR) is 86.7 cm³/mol. The fourth-order valence-electron chi connectivity index (χ4n) is 2.70. The Balaban J connectivity index is 2.12. The van der Waals surface area contributed by atoms with Crippen LogP contribution in [0.4, 0.5) is 5.69 Å². The van der Waals surface area contributed by atoms with Gasteiger partial charge in [0, 0.05) is 18.7 Å². The minimum Gasteiger partial charge on any atom is -0.478 e. The molecule has 1 aliphatic heterocycles. The molecule has 0 aliphatic carbocycles. The molecule has 124 valence electrons. The van der Waals surface area contributed by atoms with Crippen LogP contribution in [0, 0.1) is 0 Å². The SMILES string of the molecule is CCC(=O)N1CCCCC1C(=O)Nc1ccc(C(=O)O)c(Cl)c1. The second kappa shape index (κ2) is 7.46. The molecular formula is C16H19ClN2O4. The van der Waals surface area contributed by atoms with E-state index in [9.17, 15) is 14.4 Å². The first-order valence-corrected chi connectivity index (χ1v) is 7.95. The molecule has 0 bridgehead atoms. The first-order chi connectivity index (χ1) is 10.9. The second-order valence-electron chi connectivity index (χ2n) is 5.44. The minimum absolute atomic E-state index is 0.0230. The maximum Gasteiger partial charge on any atom is 0.337 e. The number of nitrogens with one attached hydrogen (secondary N) is 1. The number of halogens is 1. The average molecular weight is 339 g/mol. The molecule has 0 aromatic heterocycles. The number of carbonyl (C=O) groups is 3. The summed E-state index contributed by atoms with van der Waals surface area (Å²) < 4.78 is 0. The van der Waals surface area contributed by atoms with E-state index in [1.54, 1.807) is 11.8 Å². The molecule has 1 heterocycles. The Hall–Kier alpha value is -2.08. The van der Waals surface area contributed by atoms with Gasteiger partial charge >= 0.3 is 5.97 Å². The molecule has 1 aliphatic rings. The number of hydrogen-bond acceptors (Lipinski definition) is 3. The molecule has 7 heteroatoms. The van der Waals surface area contributed by atoms with Crippen molar-refractivity contribution in [2.24, 2.45) is 0 Å². The lowest BCUT2D eigenvalue weighted by atomic mass is 10.0. The number of carboxylic acids is 1. The number of amides is 2. The van der Waals surface area contributed by atoms with Crippen LogP contribution in [-0.4, -0.2) is 40.4 Å². The first kappa shape index (κ1) is 17.3. The van der Waals surface area contributed by atoms with Gasteiger partial charge in [0.25, 0.3) is 0 Å². The maximum absolute atomic E-state index is 12.5. The van der Waals surface area contributed by atoms with Crippen LogP contribution < -0.4 is 5.32 Å². The van der Waals surface area contributed by atoms with Crippen LogP contribution in [-0.2, 0) is 9.59 Å². The zero-order chi connectivity index (χ0) is 17.0. The number of aromatic carboxylic acids is 1. The van der Waals surface area contributed by atoms with Gasteiger partial charge in [0.05, 0.1) is 10.6 Å². The van der Waals surface area contributed by atoms with Crippen LogP contribution in [0.15, 0.2) is 18.2 Å². The largest absolute Gasteiger partial charge is 0.478 e. The number of likely N-dealkylation sites (tertiary alicyclic amines) is 1. The molecule has 0 saturated carbocycles. The topological polar surface area (TPSA) is 86.7 Å². The van der Waals surface area contributed by atoms with Gasteiger partial charge in [-0.05, 0) is 37.5 Å². The molecular weight excluding hydrogens is 320 g/mol. The highest BCUT2D eigenvalue weighted by atomic mass is 35.5. The third kappa shape index (κ3) is 4.01. The van der Waals surface area contributed by atoms with Gasteiger partial charge in [-0.2, -0.15) is 0 Å². The average Bonchev–Trinajstić information content (AvgIpc) is 2.53. The number of rotatable bonds is 4. The van der Waals surface area contributed by atoms with Gasteiger partial charge in [-0.15, -0.1) is 0 Å². The van der Waals surface area contributed by atoms with Gasteiger partial charge < -0.3 is 15.3 Å². The number of carboxylic acid groups (broad SMARTS) is 1. The summed E-state index contributed by atoms with van der Waals surface area (Å²) in [4.78, 5) is 37.0. The fourth-order valence-corrected chi connectivity index (χ4v) is 2.96. The van der Waals surface area contributed by atoms with Crippen molar-refractivity contribution in [1.29, 1.82) is 0 Å². The number of piperidine rings is 1. The third-order valence-corrected chi connectivity index (χ3v) is 4.21. The van der Waals surface area contributed by atoms with Crippen LogP contribution in [0.2, 0.25) is 5.02 Å². The molecule has 1 aromatic carbocycles. The third-order valence-electron chi connectivity index (χ3n) is 3.90. The lowest BCUT2D eigenvalue weighted by molar-refractivity contribution is -0.140. The van der Waals surface area contributed by atoms with E-state index in [2.05, 4.69) is 5.32 Å². The van der Waals surface area contributed by atoms with Crippen molar-refractivity contribution in [1.82, 2.24) is 4.90 Å². The summed E-state index contributed by atoms with van der Waals surface area (Å²) in [6, 6.07) is 3.74. The number of carbonyl (C=O) groups excluding carboxylic acids is 2. The smallest absolute Gasteiger partial charge is 0.337 e. The maximum atomic E-state index is 12.5. The van der Waals surface area contributed by atoms with E-state index < -0.39 is 12.0 Å². The van der Waals surface area contributed by atoms with E-state index in [-0.39, 0.29) is 22.4 Å². The van der Waals surface area contributed by atoms with Crippen LogP contribution in [0.1, 0.15) is 43.0 Å². The van der Waals surface area contributed by atoms with Crippen molar-refractivity contribution < 1.29 is 19.5 Å². The molecule has 2 rings (SSSR count). The normalized spacial score (nSPS) is 17.7. The first-order valence-electron chi connectivity index (χ1n) is 7.57. The van der Waals surface area contributed by atoms with E-state index in [4.69, 9.17) is 16.7 Å². The van der Waals surface area contributed by atoms with E-state index in [0.29, 0.717) is 25.1 Å². The van der Waals surface area contributed by atoms with Crippen LogP contribution in [0.3, 0.4) is 0 Å². The van der Waals surface area contributed by atoms with Gasteiger partial charge in [-0.3, -0.25) is 9.59 Å². The van der Waals surface area contributed by atoms with Crippen molar-refractivity contribution in [2.75, 3.05) is 11.9 Å². The summed E-state index contributed by atoms with van der Waals surface area (Å²) in [5.41, 5.74) is 0.393. The number of anilines is 1. The quantitative estimate of drug-likeness (QED) is 0.883. The Morgan fingerprint density at radius 1 is 1.35 bits per heavy atom. The van der Waals surface area contributed by atoms with Gasteiger partial charge in [0.2, 0.25) is 11.8 Å². The van der Waals surface area contributed by atoms with E-state index in [1.807, 2.05) is 0 Å². The van der Waals surface area contributed by atoms with Crippen molar-refractivity contribution in [3.05, 3.63) is 28.8 Å². The molecule has 0 spiro atoms. The highest BCUT2D eigenvalue weighted by Gasteiger charge is 2.31. The molecule has 6 nitrogen and oxygen atoms in total. The molecule has 2 N–H and O–H groups in total. The van der Waals surface area contributed by atoms with Gasteiger partial charge in [0.1, 0.15) is 6.04 Å². The summed E-state index contributed by atoms with van der Waals surface area (Å²) in [6.07, 6.45) is 2.78. The molecule has 2 amide bonds. The molecule has 1 unspecified atom stereocenters. The fraction of sp³-hybridized carbons (Fsp3) is 0.438. The number of nitrogens with zero attached hydrogens (tertiary/aromatic N) is 1. The van der Waals surface area contributed by atoms with E-state index in [0.717, 1.165) is 12.8 Å². The lowest BCUT2D eigenvalue weighted by Gasteiger charge is -2.34. The van der Waals surface area contributed by atoms with Gasteiger partial charge in [-0.25, -0.2) is 4.79 Å². The molecule has 0 radical (unpaired) electrons. The Labute approximate surface area is 139 Å². The minimum atomic E-state index is -1.13. The highest BCUT2D eigenvalue weighted by Crippen LogP contribution is 2.23. The summed E-state index contributed by atoms with van der Waals surface area (Å²) in [7, 11) is 0. The molecule has 1 fully saturated rings. The van der Waals surface area contributed by atoms with Crippen molar-refractivity contribution in [3.8, 4) is 0 Å². The Morgan fingerprint density at radius 2 is 2.09 bits per heavy atom. The molecule has 1 aromatic rings. The Morgan fingerprint density at radius 3 is 2.70 bits per heavy atom.